The maximum atomic E-state index is 13.9. The number of nitrogens with one attached hydrogen (secondary N) is 1. The third kappa shape index (κ3) is 7.89. The van der Waals surface area contributed by atoms with Gasteiger partial charge in [-0.2, -0.15) is 0 Å². The summed E-state index contributed by atoms with van der Waals surface area (Å²) >= 11 is 1.36. The number of rotatable bonds is 10. The number of hydrogen-bond donors (Lipinski definition) is 2. The molecule has 0 bridgehead atoms. The van der Waals surface area contributed by atoms with Crippen LogP contribution >= 0.6 is 11.3 Å². The Morgan fingerprint density at radius 1 is 0.930 bits per heavy atom. The molecule has 9 heteroatoms. The highest BCUT2D eigenvalue weighted by atomic mass is 32.1. The lowest BCUT2D eigenvalue weighted by atomic mass is 9.82. The number of carbonyl (C=O) groups excluding carboxylic acids is 3. The van der Waals surface area contributed by atoms with Gasteiger partial charge in [-0.05, 0) is 105 Å². The van der Waals surface area contributed by atoms with Crippen molar-refractivity contribution in [3.05, 3.63) is 93.9 Å². The molecule has 0 spiro atoms. The van der Waals surface area contributed by atoms with Crippen LogP contribution in [-0.2, 0) is 11.2 Å². The molecule has 2 aromatic carbocycles. The van der Waals surface area contributed by atoms with Crippen molar-refractivity contribution in [3.8, 4) is 0 Å². The fourth-order valence-electron chi connectivity index (χ4n) is 6.40. The third-order valence-electron chi connectivity index (χ3n) is 9.01. The molecule has 5 rings (SSSR count). The first kappa shape index (κ1) is 30.9. The van der Waals surface area contributed by atoms with Gasteiger partial charge in [-0.15, -0.1) is 11.3 Å². The zero-order valence-corrected chi connectivity index (χ0v) is 25.3. The van der Waals surface area contributed by atoms with E-state index in [4.69, 9.17) is 5.73 Å². The third-order valence-corrected chi connectivity index (χ3v) is 9.87. The summed E-state index contributed by atoms with van der Waals surface area (Å²) in [6, 6.07) is 18.2. The van der Waals surface area contributed by atoms with Gasteiger partial charge in [-0.3, -0.25) is 14.4 Å². The van der Waals surface area contributed by atoms with Crippen LogP contribution in [0.25, 0.3) is 0 Å². The number of nitrogens with zero attached hydrogens (tertiary/aromatic N) is 2. The highest BCUT2D eigenvalue weighted by Crippen LogP contribution is 2.29. The number of amides is 3. The van der Waals surface area contributed by atoms with Crippen LogP contribution in [-0.4, -0.2) is 65.8 Å². The molecule has 0 radical (unpaired) electrons. The number of likely N-dealkylation sites (tertiary alicyclic amines) is 1. The summed E-state index contributed by atoms with van der Waals surface area (Å²) in [7, 11) is 0. The largest absolute Gasteiger partial charge is 0.354 e. The van der Waals surface area contributed by atoms with Crippen LogP contribution < -0.4 is 11.1 Å². The molecular formula is C34H41FN4O3S. The van der Waals surface area contributed by atoms with Gasteiger partial charge >= 0.3 is 0 Å². The molecule has 2 aliphatic rings. The smallest absolute Gasteiger partial charge is 0.264 e. The molecule has 2 fully saturated rings. The maximum Gasteiger partial charge on any atom is 0.264 e. The van der Waals surface area contributed by atoms with Gasteiger partial charge in [0.2, 0.25) is 5.91 Å². The topological polar surface area (TPSA) is 95.7 Å². The van der Waals surface area contributed by atoms with Gasteiger partial charge in [0.15, 0.2) is 0 Å². The fraction of sp³-hybridized carbons (Fsp3) is 0.441. The zero-order valence-electron chi connectivity index (χ0n) is 24.5. The van der Waals surface area contributed by atoms with Crippen LogP contribution in [0, 0.1) is 17.7 Å². The lowest BCUT2D eigenvalue weighted by Crippen LogP contribution is -2.58. The number of benzene rings is 2. The van der Waals surface area contributed by atoms with Crippen molar-refractivity contribution in [1.82, 2.24) is 15.1 Å². The molecule has 1 aliphatic carbocycles. The lowest BCUT2D eigenvalue weighted by molar-refractivity contribution is -0.127. The minimum Gasteiger partial charge on any atom is -0.354 e. The zero-order chi connectivity index (χ0) is 30.2. The number of piperidine rings is 1. The normalized spacial score (nSPS) is 22.1. The van der Waals surface area contributed by atoms with E-state index in [1.165, 1.54) is 35.6 Å². The van der Waals surface area contributed by atoms with E-state index in [0.717, 1.165) is 31.2 Å². The fourth-order valence-corrected chi connectivity index (χ4v) is 7.08. The Balaban J connectivity index is 1.35. The van der Waals surface area contributed by atoms with Crippen molar-refractivity contribution in [3.63, 3.8) is 0 Å². The number of halogens is 1. The van der Waals surface area contributed by atoms with E-state index in [1.54, 1.807) is 11.0 Å². The average molecular weight is 605 g/mol. The van der Waals surface area contributed by atoms with Gasteiger partial charge in [0.1, 0.15) is 11.9 Å². The van der Waals surface area contributed by atoms with Gasteiger partial charge in [-0.1, -0.05) is 36.4 Å². The van der Waals surface area contributed by atoms with Crippen LogP contribution in [0.3, 0.4) is 0 Å². The van der Waals surface area contributed by atoms with E-state index in [-0.39, 0.29) is 23.8 Å². The van der Waals surface area contributed by atoms with E-state index in [9.17, 15) is 18.8 Å². The van der Waals surface area contributed by atoms with Gasteiger partial charge < -0.3 is 20.9 Å². The van der Waals surface area contributed by atoms with E-state index in [2.05, 4.69) is 5.32 Å². The molecule has 2 atom stereocenters. The van der Waals surface area contributed by atoms with Gasteiger partial charge in [0.25, 0.3) is 11.8 Å². The summed E-state index contributed by atoms with van der Waals surface area (Å²) in [5.74, 6) is 0.0295. The summed E-state index contributed by atoms with van der Waals surface area (Å²) in [5, 5.41) is 5.02. The van der Waals surface area contributed by atoms with Crippen LogP contribution in [0.2, 0.25) is 0 Å². The number of nitrogens with two attached hydrogens (primary N) is 1. The minimum absolute atomic E-state index is 0.155. The molecule has 228 valence electrons. The van der Waals surface area contributed by atoms with Gasteiger partial charge in [-0.25, -0.2) is 4.39 Å². The SMILES string of the molecule is NCC1CCC(CNC(=O)[C@H]2CC(N(CCc3ccccc3)C(=O)c3ccc(F)cc3)CCN2C(=O)c2cccs2)CC1. The van der Waals surface area contributed by atoms with Gasteiger partial charge in [0.05, 0.1) is 4.88 Å². The Morgan fingerprint density at radius 2 is 1.65 bits per heavy atom. The summed E-state index contributed by atoms with van der Waals surface area (Å²) in [6.45, 7) is 2.09. The molecule has 7 nitrogen and oxygen atoms in total. The van der Waals surface area contributed by atoms with Crippen molar-refractivity contribution >= 4 is 29.1 Å². The van der Waals surface area contributed by atoms with E-state index >= 15 is 0 Å². The first-order valence-electron chi connectivity index (χ1n) is 15.4. The van der Waals surface area contributed by atoms with E-state index in [1.807, 2.05) is 46.7 Å². The van der Waals surface area contributed by atoms with Crippen molar-refractivity contribution in [2.75, 3.05) is 26.2 Å². The molecule has 3 N–H and O–H groups in total. The second-order valence-electron chi connectivity index (χ2n) is 11.8. The predicted octanol–water partition coefficient (Wildman–Crippen LogP) is 5.13. The number of carbonyl (C=O) groups is 3. The molecule has 1 aliphatic heterocycles. The average Bonchev–Trinajstić information content (AvgIpc) is 3.60. The summed E-state index contributed by atoms with van der Waals surface area (Å²) < 4.78 is 13.7. The van der Waals surface area contributed by atoms with Crippen LogP contribution in [0.4, 0.5) is 4.39 Å². The van der Waals surface area contributed by atoms with Crippen LogP contribution in [0.15, 0.2) is 72.1 Å². The van der Waals surface area contributed by atoms with Crippen molar-refractivity contribution in [2.45, 2.75) is 57.0 Å². The quantitative estimate of drug-likeness (QED) is 0.336. The minimum atomic E-state index is -0.700. The van der Waals surface area contributed by atoms with Crippen molar-refractivity contribution in [1.29, 1.82) is 0 Å². The lowest BCUT2D eigenvalue weighted by Gasteiger charge is -2.43. The number of thiophene rings is 1. The Morgan fingerprint density at radius 3 is 2.33 bits per heavy atom. The first-order chi connectivity index (χ1) is 20.9. The molecule has 2 heterocycles. The molecule has 1 aromatic heterocycles. The second-order valence-corrected chi connectivity index (χ2v) is 12.7. The Hall–Kier alpha value is -3.56. The van der Waals surface area contributed by atoms with Crippen molar-refractivity contribution < 1.29 is 18.8 Å². The monoisotopic (exact) mass is 604 g/mol. The molecule has 1 saturated carbocycles. The molecule has 3 aromatic rings. The molecule has 1 saturated heterocycles. The highest BCUT2D eigenvalue weighted by molar-refractivity contribution is 7.12. The summed E-state index contributed by atoms with van der Waals surface area (Å²) in [6.07, 6.45) is 5.75. The van der Waals surface area contributed by atoms with Crippen LogP contribution in [0.5, 0.6) is 0 Å². The Kier molecular flexibility index (Phi) is 10.6. The van der Waals surface area contributed by atoms with E-state index < -0.39 is 11.9 Å². The second kappa shape index (κ2) is 14.8. The van der Waals surface area contributed by atoms with Gasteiger partial charge in [0, 0.05) is 31.2 Å². The maximum absolute atomic E-state index is 13.9. The molecule has 1 unspecified atom stereocenters. The summed E-state index contributed by atoms with van der Waals surface area (Å²) in [4.78, 5) is 45.3. The van der Waals surface area contributed by atoms with Crippen molar-refractivity contribution in [2.24, 2.45) is 17.6 Å². The predicted molar refractivity (Wildman–Crippen MR) is 167 cm³/mol. The first-order valence-corrected chi connectivity index (χ1v) is 16.2. The number of hydrogen-bond acceptors (Lipinski definition) is 5. The van der Waals surface area contributed by atoms with Crippen LogP contribution in [0.1, 0.15) is 64.1 Å². The molecular weight excluding hydrogens is 563 g/mol. The Labute approximate surface area is 257 Å². The Bertz CT molecular complexity index is 1340. The molecule has 43 heavy (non-hydrogen) atoms. The summed E-state index contributed by atoms with van der Waals surface area (Å²) in [5.41, 5.74) is 7.36. The molecule has 3 amide bonds. The standard InChI is InChI=1S/C34H41FN4O3S/c35-28-14-12-27(13-15-28)33(41)38(18-16-24-5-2-1-3-6-24)29-17-19-39(34(42)31-7-4-20-43-31)30(21-29)32(40)37-23-26-10-8-25(22-36)9-11-26/h1-7,12-15,20,25-26,29-30H,8-11,16-19,21-23,36H2,(H,37,40)/t25?,26?,29?,30-/m1/s1. The highest BCUT2D eigenvalue weighted by Gasteiger charge is 2.40. The van der Waals surface area contributed by atoms with E-state index in [0.29, 0.717) is 67.7 Å².